The van der Waals surface area contributed by atoms with Crippen LogP contribution in [-0.2, 0) is 0 Å². The van der Waals surface area contributed by atoms with E-state index in [1.807, 2.05) is 0 Å². The number of rotatable bonds is 2. The lowest BCUT2D eigenvalue weighted by atomic mass is 9.95. The summed E-state index contributed by atoms with van der Waals surface area (Å²) in [5.41, 5.74) is 4.28. The fourth-order valence-electron chi connectivity index (χ4n) is 3.90. The van der Waals surface area contributed by atoms with Gasteiger partial charge in [-0.05, 0) is 58.2 Å². The number of hydrogen-bond acceptors (Lipinski definition) is 2. The molecule has 2 atom stereocenters. The van der Waals surface area contributed by atoms with Gasteiger partial charge in [-0.1, -0.05) is 17.7 Å². The number of benzene rings is 1. The molecule has 0 aromatic heterocycles. The molecule has 0 saturated carbocycles. The summed E-state index contributed by atoms with van der Waals surface area (Å²) in [5.74, 6) is 0. The van der Waals surface area contributed by atoms with Crippen LogP contribution in [0.1, 0.15) is 36.8 Å². The van der Waals surface area contributed by atoms with Crippen molar-refractivity contribution >= 4 is 5.69 Å². The van der Waals surface area contributed by atoms with Crippen molar-refractivity contribution in [1.29, 1.82) is 0 Å². The van der Waals surface area contributed by atoms with E-state index < -0.39 is 0 Å². The van der Waals surface area contributed by atoms with Crippen molar-refractivity contribution in [2.45, 2.75) is 57.7 Å². The molecule has 2 aliphatic heterocycles. The summed E-state index contributed by atoms with van der Waals surface area (Å²) in [4.78, 5) is 2.71. The molecule has 1 aromatic carbocycles. The molecule has 3 rings (SSSR count). The fraction of sp³-hybridized carbons (Fsp3) is 0.625. The standard InChI is InChI=1S/C16H24N2/c1-11-4-7-16(12(2)8-11)18-14-5-6-15(18)10-13(9-14)17-3/h4,7-8,13-15,17H,5-6,9-10H2,1-3H3. The van der Waals surface area contributed by atoms with E-state index in [0.717, 1.165) is 18.1 Å². The number of piperidine rings is 1. The second-order valence-electron chi connectivity index (χ2n) is 6.04. The molecule has 2 unspecified atom stereocenters. The molecule has 2 nitrogen and oxygen atoms in total. The van der Waals surface area contributed by atoms with Crippen LogP contribution in [0, 0.1) is 13.8 Å². The van der Waals surface area contributed by atoms with E-state index in [1.54, 1.807) is 0 Å². The van der Waals surface area contributed by atoms with Gasteiger partial charge in [0.2, 0.25) is 0 Å². The Balaban J connectivity index is 1.89. The zero-order chi connectivity index (χ0) is 12.7. The van der Waals surface area contributed by atoms with E-state index in [2.05, 4.69) is 49.3 Å². The van der Waals surface area contributed by atoms with Crippen LogP contribution in [0.4, 0.5) is 5.69 Å². The van der Waals surface area contributed by atoms with Gasteiger partial charge in [-0.2, -0.15) is 0 Å². The molecule has 2 heteroatoms. The van der Waals surface area contributed by atoms with Crippen LogP contribution in [0.15, 0.2) is 18.2 Å². The lowest BCUT2D eigenvalue weighted by Crippen LogP contribution is -2.48. The van der Waals surface area contributed by atoms with Gasteiger partial charge in [-0.25, -0.2) is 0 Å². The molecule has 2 bridgehead atoms. The molecule has 98 valence electrons. The van der Waals surface area contributed by atoms with E-state index in [-0.39, 0.29) is 0 Å². The van der Waals surface area contributed by atoms with Crippen LogP contribution in [0.3, 0.4) is 0 Å². The Bertz CT molecular complexity index is 427. The van der Waals surface area contributed by atoms with Gasteiger partial charge in [0.15, 0.2) is 0 Å². The molecule has 1 N–H and O–H groups in total. The average Bonchev–Trinajstić information content (AvgIpc) is 2.60. The summed E-state index contributed by atoms with van der Waals surface area (Å²) in [6.07, 6.45) is 5.35. The molecule has 0 amide bonds. The van der Waals surface area contributed by atoms with Crippen molar-refractivity contribution in [3.63, 3.8) is 0 Å². The number of aryl methyl sites for hydroxylation is 2. The normalized spacial score (nSPS) is 30.8. The highest BCUT2D eigenvalue weighted by atomic mass is 15.2. The topological polar surface area (TPSA) is 15.3 Å². The molecule has 0 radical (unpaired) electrons. The van der Waals surface area contributed by atoms with Gasteiger partial charge in [-0.15, -0.1) is 0 Å². The van der Waals surface area contributed by atoms with Crippen molar-refractivity contribution in [2.24, 2.45) is 0 Å². The maximum absolute atomic E-state index is 3.47. The molecule has 2 saturated heterocycles. The summed E-state index contributed by atoms with van der Waals surface area (Å²) in [6, 6.07) is 9.13. The van der Waals surface area contributed by atoms with Crippen LogP contribution < -0.4 is 10.2 Å². The van der Waals surface area contributed by atoms with Crippen LogP contribution >= 0.6 is 0 Å². The summed E-state index contributed by atoms with van der Waals surface area (Å²) in [6.45, 7) is 4.44. The van der Waals surface area contributed by atoms with Gasteiger partial charge in [0.25, 0.3) is 0 Å². The van der Waals surface area contributed by atoms with Crippen molar-refractivity contribution in [3.05, 3.63) is 29.3 Å². The molecule has 0 spiro atoms. The van der Waals surface area contributed by atoms with Gasteiger partial charge in [0.05, 0.1) is 0 Å². The first-order chi connectivity index (χ1) is 8.69. The maximum atomic E-state index is 3.47. The Hall–Kier alpha value is -1.02. The molecular weight excluding hydrogens is 220 g/mol. The minimum Gasteiger partial charge on any atom is -0.365 e. The Morgan fingerprint density at radius 2 is 1.78 bits per heavy atom. The molecule has 2 fully saturated rings. The average molecular weight is 244 g/mol. The van der Waals surface area contributed by atoms with Gasteiger partial charge in [0, 0.05) is 23.8 Å². The van der Waals surface area contributed by atoms with E-state index in [9.17, 15) is 0 Å². The minimum absolute atomic E-state index is 0.726. The molecule has 2 heterocycles. The Kier molecular flexibility index (Phi) is 3.06. The van der Waals surface area contributed by atoms with Gasteiger partial charge < -0.3 is 10.2 Å². The number of nitrogens with one attached hydrogen (secondary N) is 1. The molecule has 18 heavy (non-hydrogen) atoms. The van der Waals surface area contributed by atoms with E-state index >= 15 is 0 Å². The van der Waals surface area contributed by atoms with Crippen LogP contribution in [-0.4, -0.2) is 25.2 Å². The van der Waals surface area contributed by atoms with E-state index in [0.29, 0.717) is 0 Å². The van der Waals surface area contributed by atoms with E-state index in [1.165, 1.54) is 42.5 Å². The third kappa shape index (κ3) is 1.93. The molecule has 1 aromatic rings. The summed E-state index contributed by atoms with van der Waals surface area (Å²) >= 11 is 0. The summed E-state index contributed by atoms with van der Waals surface area (Å²) < 4.78 is 0. The molecule has 0 aliphatic carbocycles. The second-order valence-corrected chi connectivity index (χ2v) is 6.04. The van der Waals surface area contributed by atoms with Crippen LogP contribution in [0.5, 0.6) is 0 Å². The lowest BCUT2D eigenvalue weighted by molar-refractivity contribution is 0.373. The Morgan fingerprint density at radius 1 is 1.11 bits per heavy atom. The Morgan fingerprint density at radius 3 is 2.33 bits per heavy atom. The maximum Gasteiger partial charge on any atom is 0.0401 e. The smallest absolute Gasteiger partial charge is 0.0401 e. The predicted molar refractivity (Wildman–Crippen MR) is 77.3 cm³/mol. The summed E-state index contributed by atoms with van der Waals surface area (Å²) in [5, 5.41) is 3.47. The zero-order valence-electron chi connectivity index (χ0n) is 11.7. The number of anilines is 1. The highest BCUT2D eigenvalue weighted by Crippen LogP contribution is 2.40. The van der Waals surface area contributed by atoms with Gasteiger partial charge >= 0.3 is 0 Å². The van der Waals surface area contributed by atoms with Crippen molar-refractivity contribution < 1.29 is 0 Å². The monoisotopic (exact) mass is 244 g/mol. The number of fused-ring (bicyclic) bond motifs is 2. The minimum atomic E-state index is 0.726. The van der Waals surface area contributed by atoms with Crippen LogP contribution in [0.2, 0.25) is 0 Å². The number of nitrogens with zero attached hydrogens (tertiary/aromatic N) is 1. The first-order valence-electron chi connectivity index (χ1n) is 7.22. The SMILES string of the molecule is CNC1CC2CCC(C1)N2c1ccc(C)cc1C. The number of hydrogen-bond donors (Lipinski definition) is 1. The highest BCUT2D eigenvalue weighted by molar-refractivity contribution is 5.57. The predicted octanol–water partition coefficient (Wildman–Crippen LogP) is 3.02. The lowest BCUT2D eigenvalue weighted by Gasteiger charge is -2.41. The second kappa shape index (κ2) is 4.58. The first kappa shape index (κ1) is 12.0. The van der Waals surface area contributed by atoms with Crippen molar-refractivity contribution in [2.75, 3.05) is 11.9 Å². The van der Waals surface area contributed by atoms with Gasteiger partial charge in [0.1, 0.15) is 0 Å². The molecular formula is C16H24N2. The molecule has 2 aliphatic rings. The van der Waals surface area contributed by atoms with Gasteiger partial charge in [-0.3, -0.25) is 0 Å². The largest absolute Gasteiger partial charge is 0.365 e. The van der Waals surface area contributed by atoms with Crippen LogP contribution in [0.25, 0.3) is 0 Å². The fourth-order valence-corrected chi connectivity index (χ4v) is 3.90. The quantitative estimate of drug-likeness (QED) is 0.860. The summed E-state index contributed by atoms with van der Waals surface area (Å²) in [7, 11) is 2.11. The third-order valence-corrected chi connectivity index (χ3v) is 4.77. The van der Waals surface area contributed by atoms with E-state index in [4.69, 9.17) is 0 Å². The van der Waals surface area contributed by atoms with Crippen molar-refractivity contribution in [1.82, 2.24) is 5.32 Å². The van der Waals surface area contributed by atoms with Crippen molar-refractivity contribution in [3.8, 4) is 0 Å². The highest BCUT2D eigenvalue weighted by Gasteiger charge is 2.40. The Labute approximate surface area is 110 Å². The third-order valence-electron chi connectivity index (χ3n) is 4.77. The zero-order valence-corrected chi connectivity index (χ0v) is 11.7. The first-order valence-corrected chi connectivity index (χ1v) is 7.22.